The summed E-state index contributed by atoms with van der Waals surface area (Å²) in [5.74, 6) is 0.391. The van der Waals surface area contributed by atoms with Gasteiger partial charge in [-0.2, -0.15) is 0 Å². The standard InChI is InChI=1S/C23H39NO3/c1-4-6-11-26-12-13-27-22-8-7-20(19(5-2)15-22)14-18(3)21-9-10-23(24,16-21)17-25/h5,14,21-22,25H,3-4,6-13,15-17,24H2,1-2H3/b19-5-,20-14-/t21-,22?,23+/m0/s1. The summed E-state index contributed by atoms with van der Waals surface area (Å²) in [5.41, 5.74) is 9.73. The summed E-state index contributed by atoms with van der Waals surface area (Å²) in [6.07, 6.45) is 12.8. The third-order valence-corrected chi connectivity index (χ3v) is 6.01. The third-order valence-electron chi connectivity index (χ3n) is 6.01. The fourth-order valence-electron chi connectivity index (χ4n) is 4.15. The Morgan fingerprint density at radius 2 is 2.11 bits per heavy atom. The zero-order chi connectivity index (χ0) is 19.7. The van der Waals surface area contributed by atoms with Gasteiger partial charge in [0.2, 0.25) is 0 Å². The van der Waals surface area contributed by atoms with Crippen molar-refractivity contribution in [2.75, 3.05) is 26.4 Å². The molecule has 3 atom stereocenters. The number of rotatable bonds is 10. The minimum atomic E-state index is -0.416. The molecule has 3 N–H and O–H groups in total. The second-order valence-corrected chi connectivity index (χ2v) is 8.22. The van der Waals surface area contributed by atoms with E-state index < -0.39 is 5.54 Å². The van der Waals surface area contributed by atoms with Crippen molar-refractivity contribution in [1.29, 1.82) is 0 Å². The monoisotopic (exact) mass is 377 g/mol. The van der Waals surface area contributed by atoms with Gasteiger partial charge in [0.1, 0.15) is 0 Å². The van der Waals surface area contributed by atoms with Crippen molar-refractivity contribution in [3.63, 3.8) is 0 Å². The lowest BCUT2D eigenvalue weighted by atomic mass is 9.84. The van der Waals surface area contributed by atoms with E-state index in [1.54, 1.807) is 0 Å². The molecule has 4 nitrogen and oxygen atoms in total. The van der Waals surface area contributed by atoms with Crippen LogP contribution in [0.3, 0.4) is 0 Å². The lowest BCUT2D eigenvalue weighted by molar-refractivity contribution is -0.00102. The highest BCUT2D eigenvalue weighted by Crippen LogP contribution is 2.39. The zero-order valence-corrected chi connectivity index (χ0v) is 17.3. The fourth-order valence-corrected chi connectivity index (χ4v) is 4.15. The SMILES string of the molecule is C=C(/C=C1/CCC(OCCOCCCC)C/C1=C/C)[C@H]1CC[C@](N)(CO)C1. The first-order valence-corrected chi connectivity index (χ1v) is 10.7. The zero-order valence-electron chi connectivity index (χ0n) is 17.3. The number of aliphatic hydroxyl groups is 1. The molecule has 1 unspecified atom stereocenters. The average Bonchev–Trinajstić information content (AvgIpc) is 3.08. The number of aliphatic hydroxyl groups excluding tert-OH is 1. The number of ether oxygens (including phenoxy) is 2. The van der Waals surface area contributed by atoms with E-state index in [4.69, 9.17) is 15.2 Å². The predicted octanol–water partition coefficient (Wildman–Crippen LogP) is 4.29. The molecule has 0 heterocycles. The second kappa shape index (κ2) is 11.2. The van der Waals surface area contributed by atoms with E-state index in [1.165, 1.54) is 17.6 Å². The third kappa shape index (κ3) is 6.86. The molecule has 0 aliphatic heterocycles. The van der Waals surface area contributed by atoms with Crippen molar-refractivity contribution >= 4 is 0 Å². The lowest BCUT2D eigenvalue weighted by Gasteiger charge is -2.28. The van der Waals surface area contributed by atoms with E-state index in [9.17, 15) is 5.11 Å². The van der Waals surface area contributed by atoms with Crippen LogP contribution in [0.25, 0.3) is 0 Å². The van der Waals surface area contributed by atoms with Crippen LogP contribution in [0.2, 0.25) is 0 Å². The van der Waals surface area contributed by atoms with Crippen molar-refractivity contribution in [2.45, 2.75) is 76.9 Å². The minimum Gasteiger partial charge on any atom is -0.394 e. The van der Waals surface area contributed by atoms with Gasteiger partial charge in [-0.25, -0.2) is 0 Å². The highest BCUT2D eigenvalue weighted by molar-refractivity contribution is 5.39. The fraction of sp³-hybridized carbons (Fsp3) is 0.739. The molecule has 0 aromatic heterocycles. The van der Waals surface area contributed by atoms with Crippen molar-refractivity contribution in [1.82, 2.24) is 0 Å². The first-order valence-electron chi connectivity index (χ1n) is 10.7. The van der Waals surface area contributed by atoms with Gasteiger partial charge in [-0.05, 0) is 68.9 Å². The summed E-state index contributed by atoms with van der Waals surface area (Å²) < 4.78 is 11.6. The Balaban J connectivity index is 1.81. The Labute approximate surface area is 165 Å². The van der Waals surface area contributed by atoms with Crippen molar-refractivity contribution in [3.8, 4) is 0 Å². The molecule has 0 aromatic carbocycles. The highest BCUT2D eigenvalue weighted by atomic mass is 16.5. The molecule has 4 heteroatoms. The molecule has 0 saturated heterocycles. The van der Waals surface area contributed by atoms with Crippen LogP contribution < -0.4 is 5.73 Å². The minimum absolute atomic E-state index is 0.0641. The summed E-state index contributed by atoms with van der Waals surface area (Å²) in [5, 5.41) is 9.48. The van der Waals surface area contributed by atoms with Gasteiger partial charge in [-0.15, -0.1) is 0 Å². The van der Waals surface area contributed by atoms with Crippen LogP contribution in [-0.4, -0.2) is 43.2 Å². The predicted molar refractivity (Wildman–Crippen MR) is 112 cm³/mol. The molecule has 0 amide bonds. The first-order chi connectivity index (χ1) is 13.0. The first kappa shape index (κ1) is 22.4. The normalized spacial score (nSPS) is 31.7. The Morgan fingerprint density at radius 1 is 1.30 bits per heavy atom. The van der Waals surface area contributed by atoms with E-state index in [2.05, 4.69) is 32.6 Å². The molecule has 0 aromatic rings. The molecule has 154 valence electrons. The Bertz CT molecular complexity index is 540. The summed E-state index contributed by atoms with van der Waals surface area (Å²) in [6.45, 7) is 10.9. The van der Waals surface area contributed by atoms with E-state index in [-0.39, 0.29) is 12.7 Å². The van der Waals surface area contributed by atoms with E-state index >= 15 is 0 Å². The van der Waals surface area contributed by atoms with Gasteiger partial charge in [0.15, 0.2) is 0 Å². The number of allylic oxidation sites excluding steroid dienone is 4. The van der Waals surface area contributed by atoms with Gasteiger partial charge < -0.3 is 20.3 Å². The van der Waals surface area contributed by atoms with Crippen LogP contribution in [0.5, 0.6) is 0 Å². The molecular formula is C23H39NO3. The Morgan fingerprint density at radius 3 is 2.78 bits per heavy atom. The summed E-state index contributed by atoms with van der Waals surface area (Å²) in [7, 11) is 0. The Hall–Kier alpha value is -0.940. The second-order valence-electron chi connectivity index (χ2n) is 8.22. The number of hydrogen-bond donors (Lipinski definition) is 2. The summed E-state index contributed by atoms with van der Waals surface area (Å²) in [6, 6.07) is 0. The molecule has 27 heavy (non-hydrogen) atoms. The van der Waals surface area contributed by atoms with Crippen molar-refractivity contribution < 1.29 is 14.6 Å². The number of unbranched alkanes of at least 4 members (excludes halogenated alkanes) is 1. The van der Waals surface area contributed by atoms with Crippen LogP contribution in [0, 0.1) is 5.92 Å². The van der Waals surface area contributed by atoms with Crippen molar-refractivity contribution in [2.24, 2.45) is 11.7 Å². The van der Waals surface area contributed by atoms with Crippen LogP contribution in [0.4, 0.5) is 0 Å². The highest BCUT2D eigenvalue weighted by Gasteiger charge is 2.36. The lowest BCUT2D eigenvalue weighted by Crippen LogP contribution is -2.40. The van der Waals surface area contributed by atoms with Gasteiger partial charge in [-0.1, -0.05) is 37.6 Å². The molecule has 0 bridgehead atoms. The van der Waals surface area contributed by atoms with Gasteiger partial charge >= 0.3 is 0 Å². The van der Waals surface area contributed by atoms with Crippen molar-refractivity contribution in [3.05, 3.63) is 35.5 Å². The van der Waals surface area contributed by atoms with E-state index in [1.807, 2.05) is 0 Å². The van der Waals surface area contributed by atoms with E-state index in [0.717, 1.165) is 57.1 Å². The van der Waals surface area contributed by atoms with Gasteiger partial charge in [0, 0.05) is 12.1 Å². The quantitative estimate of drug-likeness (QED) is 0.557. The van der Waals surface area contributed by atoms with Crippen LogP contribution in [0.15, 0.2) is 35.5 Å². The van der Waals surface area contributed by atoms with Crippen LogP contribution >= 0.6 is 0 Å². The average molecular weight is 378 g/mol. The number of nitrogens with two attached hydrogens (primary N) is 1. The van der Waals surface area contributed by atoms with Crippen LogP contribution in [-0.2, 0) is 9.47 Å². The smallest absolute Gasteiger partial charge is 0.0704 e. The van der Waals surface area contributed by atoms with Gasteiger partial charge in [0.25, 0.3) is 0 Å². The summed E-state index contributed by atoms with van der Waals surface area (Å²) >= 11 is 0. The summed E-state index contributed by atoms with van der Waals surface area (Å²) in [4.78, 5) is 0. The maximum Gasteiger partial charge on any atom is 0.0704 e. The number of hydrogen-bond acceptors (Lipinski definition) is 4. The maximum absolute atomic E-state index is 9.48. The molecule has 2 saturated carbocycles. The molecule has 2 rings (SSSR count). The molecule has 2 aliphatic carbocycles. The molecule has 2 fully saturated rings. The van der Waals surface area contributed by atoms with E-state index in [0.29, 0.717) is 19.1 Å². The molecule has 0 spiro atoms. The molecule has 2 aliphatic rings. The largest absolute Gasteiger partial charge is 0.394 e. The van der Waals surface area contributed by atoms with Gasteiger partial charge in [-0.3, -0.25) is 0 Å². The van der Waals surface area contributed by atoms with Crippen LogP contribution in [0.1, 0.15) is 65.2 Å². The van der Waals surface area contributed by atoms with Gasteiger partial charge in [0.05, 0.1) is 25.9 Å². The Kier molecular flexibility index (Phi) is 9.24. The topological polar surface area (TPSA) is 64.7 Å². The molecule has 0 radical (unpaired) electrons. The maximum atomic E-state index is 9.48. The molecular weight excluding hydrogens is 338 g/mol.